The number of hydrogen-bond donors (Lipinski definition) is 2. The van der Waals surface area contributed by atoms with Crippen LogP contribution in [0.2, 0.25) is 0 Å². The molecule has 3 rings (SSSR count). The summed E-state index contributed by atoms with van der Waals surface area (Å²) in [7, 11) is 0. The van der Waals surface area contributed by atoms with Crippen molar-refractivity contribution in [3.05, 3.63) is 36.0 Å². The molecule has 0 saturated heterocycles. The number of fused-ring (bicyclic) bond motifs is 1. The van der Waals surface area contributed by atoms with Crippen LogP contribution in [0.3, 0.4) is 0 Å². The van der Waals surface area contributed by atoms with Crippen molar-refractivity contribution in [2.45, 2.75) is 57.9 Å². The number of hydrogen-bond acceptors (Lipinski definition) is 1. The first-order valence-electron chi connectivity index (χ1n) is 8.58. The van der Waals surface area contributed by atoms with Gasteiger partial charge in [-0.2, -0.15) is 0 Å². The molecular weight excluding hydrogens is 272 g/mol. The van der Waals surface area contributed by atoms with Crippen LogP contribution in [-0.4, -0.2) is 16.9 Å². The van der Waals surface area contributed by atoms with Gasteiger partial charge in [0.2, 0.25) is 5.91 Å². The van der Waals surface area contributed by atoms with E-state index in [9.17, 15) is 4.79 Å². The molecule has 1 aromatic carbocycles. The summed E-state index contributed by atoms with van der Waals surface area (Å²) in [5, 5.41) is 4.52. The van der Waals surface area contributed by atoms with Crippen LogP contribution in [0.4, 0.5) is 0 Å². The highest BCUT2D eigenvalue weighted by molar-refractivity contribution is 5.83. The molecule has 118 valence electrons. The van der Waals surface area contributed by atoms with Crippen molar-refractivity contribution < 1.29 is 4.79 Å². The molecule has 1 fully saturated rings. The van der Waals surface area contributed by atoms with Gasteiger partial charge in [0, 0.05) is 29.6 Å². The van der Waals surface area contributed by atoms with Gasteiger partial charge < -0.3 is 10.3 Å². The monoisotopic (exact) mass is 298 g/mol. The largest absolute Gasteiger partial charge is 0.361 e. The van der Waals surface area contributed by atoms with Crippen LogP contribution in [0.15, 0.2) is 30.5 Å². The molecule has 1 aromatic heterocycles. The fourth-order valence-corrected chi connectivity index (χ4v) is 3.59. The highest BCUT2D eigenvalue weighted by atomic mass is 16.1. The van der Waals surface area contributed by atoms with Crippen LogP contribution < -0.4 is 5.32 Å². The summed E-state index contributed by atoms with van der Waals surface area (Å²) in [6.45, 7) is 2.26. The number of para-hydroxylation sites is 1. The standard InChI is InChI=1S/C19H26N2O/c1-14-7-2-4-10-17(14)21-19(22)12-6-8-15-13-20-18-11-5-3-9-16(15)18/h3,5,9,11,13-14,17,20H,2,4,6-8,10,12H2,1H3,(H,21,22)/t14-,17-/m0/s1. The van der Waals surface area contributed by atoms with E-state index in [1.807, 2.05) is 6.07 Å². The SMILES string of the molecule is C[C@H]1CCCC[C@@H]1NC(=O)CCCc1c[nH]c2ccccc12. The van der Waals surface area contributed by atoms with Gasteiger partial charge in [-0.25, -0.2) is 0 Å². The molecule has 0 bridgehead atoms. The molecular formula is C19H26N2O. The number of carbonyl (C=O) groups is 1. The lowest BCUT2D eigenvalue weighted by atomic mass is 9.86. The number of aryl methyl sites for hydroxylation is 1. The number of aromatic amines is 1. The second-order valence-electron chi connectivity index (χ2n) is 6.65. The predicted molar refractivity (Wildman–Crippen MR) is 90.8 cm³/mol. The lowest BCUT2D eigenvalue weighted by Crippen LogP contribution is -2.40. The van der Waals surface area contributed by atoms with E-state index in [4.69, 9.17) is 0 Å². The number of amides is 1. The fourth-order valence-electron chi connectivity index (χ4n) is 3.59. The maximum Gasteiger partial charge on any atom is 0.220 e. The van der Waals surface area contributed by atoms with Crippen molar-refractivity contribution >= 4 is 16.8 Å². The quantitative estimate of drug-likeness (QED) is 0.854. The molecule has 0 radical (unpaired) electrons. The summed E-state index contributed by atoms with van der Waals surface area (Å²) in [4.78, 5) is 15.4. The molecule has 1 aliphatic rings. The van der Waals surface area contributed by atoms with Gasteiger partial charge in [0.25, 0.3) is 0 Å². The second-order valence-corrected chi connectivity index (χ2v) is 6.65. The average Bonchev–Trinajstić information content (AvgIpc) is 2.93. The number of rotatable bonds is 5. The Hall–Kier alpha value is -1.77. The van der Waals surface area contributed by atoms with Gasteiger partial charge in [-0.1, -0.05) is 38.0 Å². The molecule has 1 heterocycles. The maximum atomic E-state index is 12.1. The molecule has 3 heteroatoms. The molecule has 0 spiro atoms. The van der Waals surface area contributed by atoms with Crippen molar-refractivity contribution in [1.29, 1.82) is 0 Å². The number of carbonyl (C=O) groups excluding carboxylic acids is 1. The van der Waals surface area contributed by atoms with Crippen LogP contribution in [0.5, 0.6) is 0 Å². The van der Waals surface area contributed by atoms with Crippen LogP contribution >= 0.6 is 0 Å². The average molecular weight is 298 g/mol. The molecule has 0 aliphatic heterocycles. The van der Waals surface area contributed by atoms with Crippen molar-refractivity contribution in [2.75, 3.05) is 0 Å². The van der Waals surface area contributed by atoms with Crippen LogP contribution in [0, 0.1) is 5.92 Å². The first-order chi connectivity index (χ1) is 10.7. The van der Waals surface area contributed by atoms with Gasteiger partial charge in [0.15, 0.2) is 0 Å². The maximum absolute atomic E-state index is 12.1. The Kier molecular flexibility index (Phi) is 4.81. The molecule has 2 atom stereocenters. The third-order valence-corrected chi connectivity index (χ3v) is 4.98. The lowest BCUT2D eigenvalue weighted by molar-refractivity contribution is -0.122. The van der Waals surface area contributed by atoms with Gasteiger partial charge in [-0.05, 0) is 43.2 Å². The highest BCUT2D eigenvalue weighted by Gasteiger charge is 2.22. The van der Waals surface area contributed by atoms with Crippen LogP contribution in [0.1, 0.15) is 51.0 Å². The number of nitrogens with one attached hydrogen (secondary N) is 2. The zero-order valence-corrected chi connectivity index (χ0v) is 13.4. The Labute approximate surface area is 132 Å². The Morgan fingerprint density at radius 2 is 2.09 bits per heavy atom. The van der Waals surface area contributed by atoms with Gasteiger partial charge in [0.1, 0.15) is 0 Å². The summed E-state index contributed by atoms with van der Waals surface area (Å²) in [5.74, 6) is 0.852. The van der Waals surface area contributed by atoms with Gasteiger partial charge >= 0.3 is 0 Å². The highest BCUT2D eigenvalue weighted by Crippen LogP contribution is 2.24. The summed E-state index contributed by atoms with van der Waals surface area (Å²) >= 11 is 0. The molecule has 1 amide bonds. The smallest absolute Gasteiger partial charge is 0.220 e. The van der Waals surface area contributed by atoms with E-state index in [1.54, 1.807) is 0 Å². The molecule has 0 unspecified atom stereocenters. The Bertz CT molecular complexity index is 631. The number of H-pyrrole nitrogens is 1. The van der Waals surface area contributed by atoms with Crippen molar-refractivity contribution in [3.63, 3.8) is 0 Å². The first kappa shape index (κ1) is 15.1. The second kappa shape index (κ2) is 6.99. The predicted octanol–water partition coefficient (Wildman–Crippen LogP) is 4.19. The Morgan fingerprint density at radius 3 is 2.95 bits per heavy atom. The van der Waals surface area contributed by atoms with E-state index in [-0.39, 0.29) is 5.91 Å². The van der Waals surface area contributed by atoms with Crippen LogP contribution in [-0.2, 0) is 11.2 Å². The topological polar surface area (TPSA) is 44.9 Å². The van der Waals surface area contributed by atoms with E-state index in [0.29, 0.717) is 18.4 Å². The minimum Gasteiger partial charge on any atom is -0.361 e. The number of aromatic nitrogens is 1. The fraction of sp³-hybridized carbons (Fsp3) is 0.526. The van der Waals surface area contributed by atoms with E-state index < -0.39 is 0 Å². The lowest BCUT2D eigenvalue weighted by Gasteiger charge is -2.29. The third kappa shape index (κ3) is 3.52. The van der Waals surface area contributed by atoms with Crippen LogP contribution in [0.25, 0.3) is 10.9 Å². The molecule has 2 aromatic rings. The Morgan fingerprint density at radius 1 is 1.27 bits per heavy atom. The Balaban J connectivity index is 1.47. The van der Waals surface area contributed by atoms with E-state index >= 15 is 0 Å². The summed E-state index contributed by atoms with van der Waals surface area (Å²) in [6.07, 6.45) is 9.54. The van der Waals surface area contributed by atoms with Crippen molar-refractivity contribution in [2.24, 2.45) is 5.92 Å². The molecule has 22 heavy (non-hydrogen) atoms. The molecule has 1 aliphatic carbocycles. The summed E-state index contributed by atoms with van der Waals surface area (Å²) in [6, 6.07) is 8.74. The van der Waals surface area contributed by atoms with Gasteiger partial charge in [-0.15, -0.1) is 0 Å². The minimum atomic E-state index is 0.221. The summed E-state index contributed by atoms with van der Waals surface area (Å²) in [5.41, 5.74) is 2.49. The van der Waals surface area contributed by atoms with Crippen molar-refractivity contribution in [1.82, 2.24) is 10.3 Å². The zero-order valence-electron chi connectivity index (χ0n) is 13.4. The number of benzene rings is 1. The summed E-state index contributed by atoms with van der Waals surface area (Å²) < 4.78 is 0. The van der Waals surface area contributed by atoms with E-state index in [1.165, 1.54) is 35.7 Å². The minimum absolute atomic E-state index is 0.221. The molecule has 1 saturated carbocycles. The molecule has 3 nitrogen and oxygen atoms in total. The van der Waals surface area contributed by atoms with Gasteiger partial charge in [0.05, 0.1) is 0 Å². The molecule has 2 N–H and O–H groups in total. The van der Waals surface area contributed by atoms with E-state index in [2.05, 4.69) is 41.6 Å². The zero-order chi connectivity index (χ0) is 15.4. The van der Waals surface area contributed by atoms with E-state index in [0.717, 1.165) is 19.3 Å². The van der Waals surface area contributed by atoms with Crippen molar-refractivity contribution in [3.8, 4) is 0 Å². The van der Waals surface area contributed by atoms with Gasteiger partial charge in [-0.3, -0.25) is 4.79 Å². The first-order valence-corrected chi connectivity index (χ1v) is 8.58. The normalized spacial score (nSPS) is 21.9. The third-order valence-electron chi connectivity index (χ3n) is 4.98.